The van der Waals surface area contributed by atoms with Crippen molar-refractivity contribution < 1.29 is 14.3 Å². The van der Waals surface area contributed by atoms with Crippen LogP contribution in [0.2, 0.25) is 0 Å². The van der Waals surface area contributed by atoms with E-state index in [1.165, 1.54) is 32.1 Å². The van der Waals surface area contributed by atoms with Gasteiger partial charge in [0, 0.05) is 17.9 Å². The molecule has 3 saturated carbocycles. The Kier molecular flexibility index (Phi) is 7.00. The maximum Gasteiger partial charge on any atom is 0.407 e. The highest BCUT2D eigenvalue weighted by molar-refractivity contribution is 5.79. The number of ether oxygens (including phenoxy) is 1. The molecule has 0 heterocycles. The number of amides is 1. The Morgan fingerprint density at radius 2 is 1.79 bits per heavy atom. The van der Waals surface area contributed by atoms with E-state index in [1.54, 1.807) is 6.92 Å². The molecule has 0 spiro atoms. The largest absolute Gasteiger partial charge is 0.449 e. The van der Waals surface area contributed by atoms with E-state index >= 15 is 0 Å². The standard InChI is InChI=1S/C25H43NO3/c1-6-14-25(16-29-23(28)26-8-3)18(7-2)9-10-19-21-12-11-20(17(4)27)24(21,5)15-13-22(19)25/h18-22H,6-16H2,1-5H3,(H,26,28). The molecule has 166 valence electrons. The van der Waals surface area contributed by atoms with Gasteiger partial charge in [0.1, 0.15) is 5.78 Å². The first kappa shape index (κ1) is 22.6. The number of rotatable bonds is 7. The first-order chi connectivity index (χ1) is 13.8. The monoisotopic (exact) mass is 405 g/mol. The third-order valence-electron chi connectivity index (χ3n) is 9.33. The van der Waals surface area contributed by atoms with E-state index in [4.69, 9.17) is 4.74 Å². The van der Waals surface area contributed by atoms with Gasteiger partial charge in [-0.05, 0) is 87.9 Å². The van der Waals surface area contributed by atoms with Crippen molar-refractivity contribution in [3.8, 4) is 0 Å². The molecule has 4 heteroatoms. The highest BCUT2D eigenvalue weighted by atomic mass is 16.5. The second-order valence-corrected chi connectivity index (χ2v) is 10.4. The third kappa shape index (κ3) is 3.85. The molecule has 3 aliphatic rings. The Labute approximate surface area is 177 Å². The van der Waals surface area contributed by atoms with Crippen molar-refractivity contribution in [2.75, 3.05) is 13.2 Å². The van der Waals surface area contributed by atoms with E-state index in [1.807, 2.05) is 6.92 Å². The van der Waals surface area contributed by atoms with Crippen molar-refractivity contribution in [2.24, 2.45) is 40.4 Å². The molecule has 3 rings (SSSR count). The highest BCUT2D eigenvalue weighted by Crippen LogP contribution is 2.66. The second kappa shape index (κ2) is 8.98. The van der Waals surface area contributed by atoms with Crippen LogP contribution in [0.3, 0.4) is 0 Å². The molecule has 7 atom stereocenters. The summed E-state index contributed by atoms with van der Waals surface area (Å²) in [6.07, 6.45) is 10.4. The molecule has 0 aromatic rings. The fourth-order valence-corrected chi connectivity index (χ4v) is 8.21. The van der Waals surface area contributed by atoms with Crippen LogP contribution >= 0.6 is 0 Å². The molecule has 1 N–H and O–H groups in total. The van der Waals surface area contributed by atoms with Crippen LogP contribution < -0.4 is 5.32 Å². The number of hydrogen-bond acceptors (Lipinski definition) is 3. The van der Waals surface area contributed by atoms with Crippen molar-refractivity contribution in [1.82, 2.24) is 5.32 Å². The number of ketones is 1. The smallest absolute Gasteiger partial charge is 0.407 e. The minimum atomic E-state index is -0.266. The quantitative estimate of drug-likeness (QED) is 0.566. The van der Waals surface area contributed by atoms with Crippen LogP contribution in [0.4, 0.5) is 4.79 Å². The van der Waals surface area contributed by atoms with E-state index in [0.29, 0.717) is 42.6 Å². The second-order valence-electron chi connectivity index (χ2n) is 10.4. The molecule has 0 saturated heterocycles. The van der Waals surface area contributed by atoms with Crippen molar-refractivity contribution in [3.63, 3.8) is 0 Å². The van der Waals surface area contributed by atoms with Gasteiger partial charge in [0.15, 0.2) is 0 Å². The first-order valence-corrected chi connectivity index (χ1v) is 12.2. The summed E-state index contributed by atoms with van der Waals surface area (Å²) in [5.41, 5.74) is 0.289. The van der Waals surface area contributed by atoms with Crippen LogP contribution in [-0.4, -0.2) is 25.0 Å². The summed E-state index contributed by atoms with van der Waals surface area (Å²) in [7, 11) is 0. The van der Waals surface area contributed by atoms with Crippen LogP contribution in [0.5, 0.6) is 0 Å². The fourth-order valence-electron chi connectivity index (χ4n) is 8.21. The Balaban J connectivity index is 1.89. The lowest BCUT2D eigenvalue weighted by molar-refractivity contribution is -0.140. The Bertz CT molecular complexity index is 605. The van der Waals surface area contributed by atoms with Crippen LogP contribution in [-0.2, 0) is 9.53 Å². The summed E-state index contributed by atoms with van der Waals surface area (Å²) in [5.74, 6) is 3.25. The van der Waals surface area contributed by atoms with Crippen molar-refractivity contribution >= 4 is 11.9 Å². The van der Waals surface area contributed by atoms with Crippen LogP contribution in [0, 0.1) is 40.4 Å². The first-order valence-electron chi connectivity index (χ1n) is 12.2. The lowest BCUT2D eigenvalue weighted by Crippen LogP contribution is -2.55. The summed E-state index contributed by atoms with van der Waals surface area (Å²) >= 11 is 0. The molecule has 3 fully saturated rings. The summed E-state index contributed by atoms with van der Waals surface area (Å²) < 4.78 is 5.85. The third-order valence-corrected chi connectivity index (χ3v) is 9.33. The van der Waals surface area contributed by atoms with Crippen LogP contribution in [0.15, 0.2) is 0 Å². The number of nitrogens with one attached hydrogen (secondary N) is 1. The zero-order chi connectivity index (χ0) is 21.2. The molecular formula is C25H43NO3. The van der Waals surface area contributed by atoms with E-state index in [-0.39, 0.29) is 22.8 Å². The minimum Gasteiger partial charge on any atom is -0.449 e. The molecule has 0 aromatic heterocycles. The van der Waals surface area contributed by atoms with E-state index in [0.717, 1.165) is 25.7 Å². The number of Topliss-reactive ketones (excluding diaryl/α,β-unsaturated/α-hetero) is 1. The van der Waals surface area contributed by atoms with Gasteiger partial charge in [-0.3, -0.25) is 4.79 Å². The Morgan fingerprint density at radius 3 is 2.41 bits per heavy atom. The minimum absolute atomic E-state index is 0.104. The number of alkyl carbamates (subject to hydrolysis) is 1. The molecule has 4 nitrogen and oxygen atoms in total. The number of carbonyl (C=O) groups is 2. The van der Waals surface area contributed by atoms with Gasteiger partial charge in [-0.1, -0.05) is 33.6 Å². The van der Waals surface area contributed by atoms with E-state index < -0.39 is 0 Å². The molecular weight excluding hydrogens is 362 g/mol. The Hall–Kier alpha value is -1.06. The number of carbonyl (C=O) groups excluding carboxylic acids is 2. The fraction of sp³-hybridized carbons (Fsp3) is 0.920. The maximum absolute atomic E-state index is 12.4. The lowest BCUT2D eigenvalue weighted by Gasteiger charge is -2.59. The van der Waals surface area contributed by atoms with Crippen molar-refractivity contribution in [3.05, 3.63) is 0 Å². The summed E-state index contributed by atoms with van der Waals surface area (Å²) in [5, 5.41) is 2.81. The molecule has 29 heavy (non-hydrogen) atoms. The Morgan fingerprint density at radius 1 is 1.03 bits per heavy atom. The predicted octanol–water partition coefficient (Wildman–Crippen LogP) is 5.99. The van der Waals surface area contributed by atoms with Crippen LogP contribution in [0.1, 0.15) is 92.4 Å². The molecule has 3 aliphatic carbocycles. The number of hydrogen-bond donors (Lipinski definition) is 1. The summed E-state index contributed by atoms with van der Waals surface area (Å²) in [6, 6.07) is 0. The highest BCUT2D eigenvalue weighted by Gasteiger charge is 2.61. The average Bonchev–Trinajstić information content (AvgIpc) is 3.04. The SMILES string of the molecule is CCCC1(COC(=O)NCC)C(CC)CCC2C3CCC(C(C)=O)C3(C)CCC21. The summed E-state index contributed by atoms with van der Waals surface area (Å²) in [6.45, 7) is 11.9. The predicted molar refractivity (Wildman–Crippen MR) is 117 cm³/mol. The molecule has 0 radical (unpaired) electrons. The van der Waals surface area contributed by atoms with Gasteiger partial charge in [-0.25, -0.2) is 4.79 Å². The van der Waals surface area contributed by atoms with Gasteiger partial charge in [0.05, 0.1) is 6.61 Å². The van der Waals surface area contributed by atoms with Gasteiger partial charge in [0.2, 0.25) is 0 Å². The molecule has 7 unspecified atom stereocenters. The maximum atomic E-state index is 12.4. The topological polar surface area (TPSA) is 55.4 Å². The van der Waals surface area contributed by atoms with Gasteiger partial charge >= 0.3 is 6.09 Å². The van der Waals surface area contributed by atoms with Gasteiger partial charge in [-0.15, -0.1) is 0 Å². The van der Waals surface area contributed by atoms with Crippen molar-refractivity contribution in [2.45, 2.75) is 92.4 Å². The molecule has 1 amide bonds. The van der Waals surface area contributed by atoms with E-state index in [2.05, 4.69) is 26.1 Å². The van der Waals surface area contributed by atoms with Crippen LogP contribution in [0.25, 0.3) is 0 Å². The van der Waals surface area contributed by atoms with Gasteiger partial charge < -0.3 is 10.1 Å². The zero-order valence-corrected chi connectivity index (χ0v) is 19.4. The average molecular weight is 406 g/mol. The molecule has 0 aliphatic heterocycles. The number of fused-ring (bicyclic) bond motifs is 3. The van der Waals surface area contributed by atoms with Gasteiger partial charge in [-0.2, -0.15) is 0 Å². The normalized spacial score (nSPS) is 41.3. The van der Waals surface area contributed by atoms with E-state index in [9.17, 15) is 9.59 Å². The summed E-state index contributed by atoms with van der Waals surface area (Å²) in [4.78, 5) is 24.5. The zero-order valence-electron chi connectivity index (χ0n) is 19.4. The van der Waals surface area contributed by atoms with Gasteiger partial charge in [0.25, 0.3) is 0 Å². The van der Waals surface area contributed by atoms with Crippen molar-refractivity contribution in [1.29, 1.82) is 0 Å². The molecule has 0 bridgehead atoms. The lowest BCUT2D eigenvalue weighted by atomic mass is 9.45. The molecule has 0 aromatic carbocycles.